The first kappa shape index (κ1) is 25.9. The molecule has 2 N–H and O–H groups in total. The number of rotatable bonds is 11. The molecule has 38 heavy (non-hydrogen) atoms. The van der Waals surface area contributed by atoms with Crippen LogP contribution >= 0.6 is 0 Å². The molecule has 4 aromatic rings. The standard InChI is InChI=1S/C31H32FNO5/c1-19(17-35-2)37-29(34)15-22-6-3-4-9-27(22)36-18-20-12-24-14-28(21-10-11-21)38-31(24)26(13-20)25-8-5-7-23(16-33)30(25)32/h3-9,12-14,19,21H,10-11,15-18,33H2,1-2H3. The minimum Gasteiger partial charge on any atom is -0.489 e. The van der Waals surface area contributed by atoms with Crippen LogP contribution in [0.4, 0.5) is 4.39 Å². The van der Waals surface area contributed by atoms with Crippen LogP contribution in [0.15, 0.2) is 65.1 Å². The molecule has 0 saturated heterocycles. The van der Waals surface area contributed by atoms with E-state index < -0.39 is 0 Å². The molecule has 0 radical (unpaired) electrons. The van der Waals surface area contributed by atoms with Crippen molar-refractivity contribution in [3.8, 4) is 16.9 Å². The summed E-state index contributed by atoms with van der Waals surface area (Å²) in [6, 6.07) is 18.6. The van der Waals surface area contributed by atoms with Gasteiger partial charge in [0.05, 0.1) is 13.0 Å². The molecular weight excluding hydrogens is 485 g/mol. The number of hydrogen-bond donors (Lipinski definition) is 1. The fraction of sp³-hybridized carbons (Fsp3) is 0.323. The highest BCUT2D eigenvalue weighted by atomic mass is 19.1. The van der Waals surface area contributed by atoms with Gasteiger partial charge < -0.3 is 24.4 Å². The summed E-state index contributed by atoms with van der Waals surface area (Å²) in [5.74, 6) is 1.25. The Balaban J connectivity index is 1.43. The molecule has 1 saturated carbocycles. The maximum atomic E-state index is 15.4. The van der Waals surface area contributed by atoms with Crippen molar-refractivity contribution < 1.29 is 27.8 Å². The smallest absolute Gasteiger partial charge is 0.310 e. The van der Waals surface area contributed by atoms with Crippen LogP contribution in [0.25, 0.3) is 22.1 Å². The topological polar surface area (TPSA) is 83.9 Å². The summed E-state index contributed by atoms with van der Waals surface area (Å²) in [5.41, 5.74) is 9.59. The molecule has 1 atom stereocenters. The maximum Gasteiger partial charge on any atom is 0.310 e. The first-order valence-electron chi connectivity index (χ1n) is 12.9. The second kappa shape index (κ2) is 11.4. The Morgan fingerprint density at radius 1 is 1.08 bits per heavy atom. The van der Waals surface area contributed by atoms with Crippen molar-refractivity contribution >= 4 is 16.9 Å². The van der Waals surface area contributed by atoms with Gasteiger partial charge in [-0.1, -0.05) is 36.4 Å². The van der Waals surface area contributed by atoms with Gasteiger partial charge in [0.25, 0.3) is 0 Å². The van der Waals surface area contributed by atoms with Crippen LogP contribution in [-0.2, 0) is 33.8 Å². The molecule has 6 nitrogen and oxygen atoms in total. The molecule has 0 amide bonds. The van der Waals surface area contributed by atoms with E-state index in [2.05, 4.69) is 6.07 Å². The Morgan fingerprint density at radius 3 is 2.63 bits per heavy atom. The first-order chi connectivity index (χ1) is 18.5. The van der Waals surface area contributed by atoms with Gasteiger partial charge in [-0.15, -0.1) is 0 Å². The lowest BCUT2D eigenvalue weighted by Crippen LogP contribution is -2.21. The van der Waals surface area contributed by atoms with Crippen LogP contribution in [0.3, 0.4) is 0 Å². The van der Waals surface area contributed by atoms with E-state index in [9.17, 15) is 4.79 Å². The molecule has 0 bridgehead atoms. The molecule has 1 aliphatic rings. The SMILES string of the molecule is COCC(C)OC(=O)Cc1ccccc1OCc1cc(-c2cccc(CN)c2F)c2oc(C3CC3)cc2c1. The van der Waals surface area contributed by atoms with Crippen LogP contribution in [0, 0.1) is 5.82 Å². The third-order valence-electron chi connectivity index (χ3n) is 6.70. The van der Waals surface area contributed by atoms with Crippen molar-refractivity contribution in [3.63, 3.8) is 0 Å². The Bertz CT molecular complexity index is 1440. The Kier molecular flexibility index (Phi) is 7.77. The molecular formula is C31H32FNO5. The van der Waals surface area contributed by atoms with Crippen molar-refractivity contribution in [3.05, 3.63) is 88.9 Å². The van der Waals surface area contributed by atoms with E-state index in [0.717, 1.165) is 35.1 Å². The number of para-hydroxylation sites is 1. The van der Waals surface area contributed by atoms with Gasteiger partial charge in [0.15, 0.2) is 0 Å². The van der Waals surface area contributed by atoms with Gasteiger partial charge in [-0.25, -0.2) is 4.39 Å². The lowest BCUT2D eigenvalue weighted by Gasteiger charge is -2.15. The molecule has 1 aliphatic carbocycles. The van der Waals surface area contributed by atoms with E-state index >= 15 is 4.39 Å². The van der Waals surface area contributed by atoms with Gasteiger partial charge in [-0.2, -0.15) is 0 Å². The third-order valence-corrected chi connectivity index (χ3v) is 6.70. The fourth-order valence-corrected chi connectivity index (χ4v) is 4.68. The summed E-state index contributed by atoms with van der Waals surface area (Å²) in [4.78, 5) is 12.4. The number of carbonyl (C=O) groups excluding carboxylic acids is 1. The zero-order valence-corrected chi connectivity index (χ0v) is 21.7. The van der Waals surface area contributed by atoms with Crippen molar-refractivity contribution in [1.82, 2.24) is 0 Å². The van der Waals surface area contributed by atoms with Crippen LogP contribution in [0.1, 0.15) is 48.1 Å². The molecule has 0 spiro atoms. The molecule has 1 fully saturated rings. The van der Waals surface area contributed by atoms with Crippen LogP contribution in [0.2, 0.25) is 0 Å². The number of esters is 1. The molecule has 198 valence electrons. The van der Waals surface area contributed by atoms with Crippen molar-refractivity contribution in [2.75, 3.05) is 13.7 Å². The van der Waals surface area contributed by atoms with E-state index in [1.54, 1.807) is 26.2 Å². The molecule has 1 aromatic heterocycles. The lowest BCUT2D eigenvalue weighted by molar-refractivity contribution is -0.149. The van der Waals surface area contributed by atoms with E-state index in [0.29, 0.717) is 40.5 Å². The highest BCUT2D eigenvalue weighted by Crippen LogP contribution is 2.44. The van der Waals surface area contributed by atoms with Gasteiger partial charge in [-0.05, 0) is 49.6 Å². The predicted molar refractivity (Wildman–Crippen MR) is 143 cm³/mol. The monoisotopic (exact) mass is 517 g/mol. The molecule has 3 aromatic carbocycles. The van der Waals surface area contributed by atoms with Gasteiger partial charge >= 0.3 is 5.97 Å². The number of fused-ring (bicyclic) bond motifs is 1. The Labute approximate surface area is 221 Å². The zero-order chi connectivity index (χ0) is 26.6. The molecule has 5 rings (SSSR count). The van der Waals surface area contributed by atoms with E-state index in [-0.39, 0.29) is 37.5 Å². The van der Waals surface area contributed by atoms with Crippen molar-refractivity contribution in [2.24, 2.45) is 5.73 Å². The van der Waals surface area contributed by atoms with Crippen molar-refractivity contribution in [1.29, 1.82) is 0 Å². The number of methoxy groups -OCH3 is 1. The minimum atomic E-state index is -0.351. The predicted octanol–water partition coefficient (Wildman–Crippen LogP) is 6.27. The van der Waals surface area contributed by atoms with Gasteiger partial charge in [0.2, 0.25) is 0 Å². The number of halogens is 1. The largest absolute Gasteiger partial charge is 0.489 e. The van der Waals surface area contributed by atoms with Gasteiger partial charge in [0.1, 0.15) is 35.6 Å². The second-order valence-electron chi connectivity index (χ2n) is 9.80. The highest BCUT2D eigenvalue weighted by molar-refractivity contribution is 5.94. The second-order valence-corrected chi connectivity index (χ2v) is 9.80. The highest BCUT2D eigenvalue weighted by Gasteiger charge is 2.28. The zero-order valence-electron chi connectivity index (χ0n) is 21.7. The fourth-order valence-electron chi connectivity index (χ4n) is 4.68. The summed E-state index contributed by atoms with van der Waals surface area (Å²) in [6.45, 7) is 2.46. The molecule has 1 unspecified atom stereocenters. The van der Waals surface area contributed by atoms with Crippen LogP contribution < -0.4 is 10.5 Å². The minimum absolute atomic E-state index is 0.0814. The summed E-state index contributed by atoms with van der Waals surface area (Å²) in [7, 11) is 1.57. The third kappa shape index (κ3) is 5.74. The number of ether oxygens (including phenoxy) is 3. The Morgan fingerprint density at radius 2 is 1.87 bits per heavy atom. The average Bonchev–Trinajstić information content (AvgIpc) is 3.67. The summed E-state index contributed by atoms with van der Waals surface area (Å²) in [6.07, 6.45) is 1.95. The maximum absolute atomic E-state index is 15.4. The van der Waals surface area contributed by atoms with E-state index in [1.807, 2.05) is 42.5 Å². The summed E-state index contributed by atoms with van der Waals surface area (Å²) >= 11 is 0. The average molecular weight is 518 g/mol. The van der Waals surface area contributed by atoms with Crippen LogP contribution in [-0.4, -0.2) is 25.8 Å². The van der Waals surface area contributed by atoms with Gasteiger partial charge in [-0.3, -0.25) is 4.79 Å². The van der Waals surface area contributed by atoms with Crippen LogP contribution in [0.5, 0.6) is 5.75 Å². The molecule has 7 heteroatoms. The normalized spacial score (nSPS) is 14.0. The number of hydrogen-bond acceptors (Lipinski definition) is 6. The Hall–Kier alpha value is -3.68. The summed E-state index contributed by atoms with van der Waals surface area (Å²) in [5, 5.41) is 0.907. The molecule has 0 aliphatic heterocycles. The van der Waals surface area contributed by atoms with E-state index in [4.69, 9.17) is 24.4 Å². The number of benzene rings is 3. The first-order valence-corrected chi connectivity index (χ1v) is 12.9. The number of furan rings is 1. The van der Waals surface area contributed by atoms with Gasteiger partial charge in [0, 0.05) is 47.2 Å². The number of carbonyl (C=O) groups is 1. The van der Waals surface area contributed by atoms with E-state index in [1.165, 1.54) is 0 Å². The summed E-state index contributed by atoms with van der Waals surface area (Å²) < 4.78 is 38.2. The molecule has 1 heterocycles. The lowest BCUT2D eigenvalue weighted by atomic mass is 9.98. The number of nitrogens with two attached hydrogens (primary N) is 1. The van der Waals surface area contributed by atoms with Crippen molar-refractivity contribution in [2.45, 2.75) is 51.4 Å². The quantitative estimate of drug-likeness (QED) is 0.236.